The Kier molecular flexibility index (Phi) is 5.42. The van der Waals surface area contributed by atoms with Crippen LogP contribution in [-0.2, 0) is 14.3 Å². The van der Waals surface area contributed by atoms with E-state index in [0.717, 1.165) is 22.3 Å². The molecule has 1 aromatic carbocycles. The fourth-order valence-corrected chi connectivity index (χ4v) is 2.91. The van der Waals surface area contributed by atoms with Crippen molar-refractivity contribution in [3.63, 3.8) is 0 Å². The number of hydrogen-bond acceptors (Lipinski definition) is 4. The summed E-state index contributed by atoms with van der Waals surface area (Å²) in [4.78, 5) is 26.2. The Labute approximate surface area is 137 Å². The Hall–Kier alpha value is -1.88. The average molecular weight is 319 g/mol. The number of morpholine rings is 1. The molecule has 0 saturated carbocycles. The van der Waals surface area contributed by atoms with E-state index < -0.39 is 5.97 Å². The van der Waals surface area contributed by atoms with Gasteiger partial charge >= 0.3 is 5.97 Å². The summed E-state index contributed by atoms with van der Waals surface area (Å²) >= 11 is 0. The van der Waals surface area contributed by atoms with Gasteiger partial charge < -0.3 is 14.4 Å². The number of ether oxygens (including phenoxy) is 2. The predicted octanol–water partition coefficient (Wildman–Crippen LogP) is 2.24. The first-order valence-electron chi connectivity index (χ1n) is 7.94. The quantitative estimate of drug-likeness (QED) is 0.802. The van der Waals surface area contributed by atoms with Crippen LogP contribution in [0.1, 0.15) is 38.2 Å². The van der Waals surface area contributed by atoms with E-state index in [1.54, 1.807) is 4.90 Å². The molecule has 1 fully saturated rings. The van der Waals surface area contributed by atoms with Crippen molar-refractivity contribution in [2.45, 2.75) is 34.6 Å². The van der Waals surface area contributed by atoms with Crippen LogP contribution in [0.2, 0.25) is 0 Å². The maximum Gasteiger partial charge on any atom is 0.339 e. The highest BCUT2D eigenvalue weighted by molar-refractivity contribution is 5.95. The summed E-state index contributed by atoms with van der Waals surface area (Å²) in [6, 6.07) is 0. The van der Waals surface area contributed by atoms with Gasteiger partial charge in [-0.25, -0.2) is 4.79 Å². The summed E-state index contributed by atoms with van der Waals surface area (Å²) in [6.07, 6.45) is 0. The minimum Gasteiger partial charge on any atom is -0.452 e. The third-order valence-corrected chi connectivity index (χ3v) is 4.89. The number of amides is 1. The van der Waals surface area contributed by atoms with E-state index in [1.807, 2.05) is 27.7 Å². The van der Waals surface area contributed by atoms with Gasteiger partial charge in [0, 0.05) is 13.1 Å². The minimum atomic E-state index is -0.423. The van der Waals surface area contributed by atoms with Crippen LogP contribution < -0.4 is 0 Å². The molecule has 0 aliphatic carbocycles. The molecule has 1 heterocycles. The second-order valence-corrected chi connectivity index (χ2v) is 6.07. The van der Waals surface area contributed by atoms with Crippen molar-refractivity contribution in [2.24, 2.45) is 0 Å². The molecule has 2 rings (SSSR count). The van der Waals surface area contributed by atoms with Gasteiger partial charge in [-0.15, -0.1) is 0 Å². The number of carbonyl (C=O) groups excluding carboxylic acids is 2. The number of hydrogen-bond donors (Lipinski definition) is 0. The Balaban J connectivity index is 2.11. The SMILES string of the molecule is Cc1c(C)c(C)c(C(=O)OCC(=O)N2CCOCC2)c(C)c1C. The molecule has 1 amide bonds. The molecule has 23 heavy (non-hydrogen) atoms. The van der Waals surface area contributed by atoms with Crippen LogP contribution >= 0.6 is 0 Å². The molecule has 0 unspecified atom stereocenters. The molecule has 0 spiro atoms. The zero-order valence-electron chi connectivity index (χ0n) is 14.6. The van der Waals surface area contributed by atoms with Gasteiger partial charge in [-0.2, -0.15) is 0 Å². The zero-order chi connectivity index (χ0) is 17.1. The lowest BCUT2D eigenvalue weighted by molar-refractivity contribution is -0.138. The van der Waals surface area contributed by atoms with E-state index in [9.17, 15) is 9.59 Å². The Morgan fingerprint density at radius 1 is 0.913 bits per heavy atom. The van der Waals surface area contributed by atoms with Crippen molar-refractivity contribution in [3.05, 3.63) is 33.4 Å². The number of esters is 1. The topological polar surface area (TPSA) is 55.8 Å². The summed E-state index contributed by atoms with van der Waals surface area (Å²) in [5.41, 5.74) is 5.82. The lowest BCUT2D eigenvalue weighted by Crippen LogP contribution is -2.42. The second-order valence-electron chi connectivity index (χ2n) is 6.07. The lowest BCUT2D eigenvalue weighted by Gasteiger charge is -2.26. The lowest BCUT2D eigenvalue weighted by atomic mass is 9.90. The van der Waals surface area contributed by atoms with Gasteiger partial charge in [-0.05, 0) is 62.4 Å². The van der Waals surface area contributed by atoms with Crippen LogP contribution in [0.3, 0.4) is 0 Å². The Morgan fingerprint density at radius 3 is 1.91 bits per heavy atom. The highest BCUT2D eigenvalue weighted by Gasteiger charge is 2.22. The van der Waals surface area contributed by atoms with Gasteiger partial charge in [-0.1, -0.05) is 0 Å². The predicted molar refractivity (Wildman–Crippen MR) is 87.8 cm³/mol. The zero-order valence-corrected chi connectivity index (χ0v) is 14.6. The molecule has 5 nitrogen and oxygen atoms in total. The van der Waals surface area contributed by atoms with Crippen molar-refractivity contribution in [1.82, 2.24) is 4.90 Å². The van der Waals surface area contributed by atoms with Gasteiger partial charge in [0.1, 0.15) is 0 Å². The number of carbonyl (C=O) groups is 2. The number of nitrogens with zero attached hydrogens (tertiary/aromatic N) is 1. The first kappa shape index (κ1) is 17.5. The third kappa shape index (κ3) is 3.55. The summed E-state index contributed by atoms with van der Waals surface area (Å²) in [7, 11) is 0. The summed E-state index contributed by atoms with van der Waals surface area (Å²) in [5, 5.41) is 0. The van der Waals surface area contributed by atoms with Gasteiger partial charge in [0.2, 0.25) is 0 Å². The maximum atomic E-state index is 12.5. The van der Waals surface area contributed by atoms with E-state index in [1.165, 1.54) is 5.56 Å². The number of benzene rings is 1. The maximum absolute atomic E-state index is 12.5. The van der Waals surface area contributed by atoms with Crippen LogP contribution in [0.25, 0.3) is 0 Å². The van der Waals surface area contributed by atoms with Gasteiger partial charge in [0.25, 0.3) is 5.91 Å². The molecule has 0 radical (unpaired) electrons. The van der Waals surface area contributed by atoms with Crippen LogP contribution in [0.5, 0.6) is 0 Å². The summed E-state index contributed by atoms with van der Waals surface area (Å²) in [6.45, 7) is 11.9. The van der Waals surface area contributed by atoms with Crippen LogP contribution in [0.4, 0.5) is 0 Å². The largest absolute Gasteiger partial charge is 0.452 e. The minimum absolute atomic E-state index is 0.169. The smallest absolute Gasteiger partial charge is 0.339 e. The molecule has 1 aliphatic heterocycles. The molecule has 0 atom stereocenters. The highest BCUT2D eigenvalue weighted by Crippen LogP contribution is 2.26. The Morgan fingerprint density at radius 2 is 1.39 bits per heavy atom. The van der Waals surface area contributed by atoms with E-state index in [-0.39, 0.29) is 12.5 Å². The van der Waals surface area contributed by atoms with Crippen LogP contribution in [0.15, 0.2) is 0 Å². The van der Waals surface area contributed by atoms with E-state index in [0.29, 0.717) is 31.9 Å². The molecule has 1 aromatic rings. The first-order chi connectivity index (χ1) is 10.8. The van der Waals surface area contributed by atoms with E-state index >= 15 is 0 Å². The van der Waals surface area contributed by atoms with Crippen molar-refractivity contribution in [3.8, 4) is 0 Å². The van der Waals surface area contributed by atoms with Crippen molar-refractivity contribution < 1.29 is 19.1 Å². The van der Waals surface area contributed by atoms with Crippen LogP contribution in [0, 0.1) is 34.6 Å². The number of rotatable bonds is 3. The van der Waals surface area contributed by atoms with Crippen LogP contribution in [-0.4, -0.2) is 49.7 Å². The molecule has 1 saturated heterocycles. The fourth-order valence-electron chi connectivity index (χ4n) is 2.91. The molecule has 126 valence electrons. The van der Waals surface area contributed by atoms with E-state index in [4.69, 9.17) is 9.47 Å². The molecule has 5 heteroatoms. The van der Waals surface area contributed by atoms with Gasteiger partial charge in [0.15, 0.2) is 6.61 Å². The summed E-state index contributed by atoms with van der Waals surface area (Å²) < 4.78 is 10.5. The normalized spacial score (nSPS) is 14.7. The van der Waals surface area contributed by atoms with E-state index in [2.05, 4.69) is 6.92 Å². The monoisotopic (exact) mass is 319 g/mol. The summed E-state index contributed by atoms with van der Waals surface area (Å²) in [5.74, 6) is -0.592. The third-order valence-electron chi connectivity index (χ3n) is 4.89. The van der Waals surface area contributed by atoms with Gasteiger partial charge in [-0.3, -0.25) is 4.79 Å². The molecule has 1 aliphatic rings. The van der Waals surface area contributed by atoms with Crippen molar-refractivity contribution in [1.29, 1.82) is 0 Å². The highest BCUT2D eigenvalue weighted by atomic mass is 16.5. The molecule has 0 bridgehead atoms. The fraction of sp³-hybridized carbons (Fsp3) is 0.556. The molecular weight excluding hydrogens is 294 g/mol. The standard InChI is InChI=1S/C18H25NO4/c1-11-12(2)14(4)17(15(5)13(11)3)18(21)23-10-16(20)19-6-8-22-9-7-19/h6-10H2,1-5H3. The van der Waals surface area contributed by atoms with Crippen molar-refractivity contribution in [2.75, 3.05) is 32.9 Å². The molecule has 0 aromatic heterocycles. The first-order valence-corrected chi connectivity index (χ1v) is 7.94. The molecule has 0 N–H and O–H groups in total. The van der Waals surface area contributed by atoms with Gasteiger partial charge in [0.05, 0.1) is 18.8 Å². The Bertz CT molecular complexity index is 601. The second kappa shape index (κ2) is 7.13. The molecular formula is C18H25NO4. The van der Waals surface area contributed by atoms with Crippen molar-refractivity contribution >= 4 is 11.9 Å². The average Bonchev–Trinajstić information content (AvgIpc) is 2.57.